The van der Waals surface area contributed by atoms with E-state index in [4.69, 9.17) is 0 Å². The highest BCUT2D eigenvalue weighted by atomic mass is 32.2. The zero-order valence-electron chi connectivity index (χ0n) is 8.33. The van der Waals surface area contributed by atoms with Gasteiger partial charge in [-0.25, -0.2) is 4.99 Å². The fraction of sp³-hybridized carbons (Fsp3) is 0.400. The Kier molecular flexibility index (Phi) is 3.45. The largest absolute Gasteiger partial charge is 0.504 e. The van der Waals surface area contributed by atoms with E-state index in [9.17, 15) is 5.11 Å². The van der Waals surface area contributed by atoms with Gasteiger partial charge in [0.15, 0.2) is 5.75 Å². The lowest BCUT2D eigenvalue weighted by Gasteiger charge is -2.23. The van der Waals surface area contributed by atoms with Crippen molar-refractivity contribution in [2.75, 3.05) is 24.6 Å². The molecule has 2 heterocycles. The van der Waals surface area contributed by atoms with E-state index in [1.807, 2.05) is 11.8 Å². The fourth-order valence-corrected chi connectivity index (χ4v) is 2.26. The van der Waals surface area contributed by atoms with Crippen LogP contribution in [0.4, 0.5) is 5.69 Å². The van der Waals surface area contributed by atoms with Gasteiger partial charge in [-0.1, -0.05) is 0 Å². The number of nitrogens with zero attached hydrogens (tertiary/aromatic N) is 3. The number of aromatic nitrogens is 1. The topological polar surface area (TPSA) is 48.7 Å². The molecule has 1 aromatic heterocycles. The van der Waals surface area contributed by atoms with Crippen molar-refractivity contribution in [2.24, 2.45) is 4.99 Å². The van der Waals surface area contributed by atoms with Gasteiger partial charge in [0, 0.05) is 30.8 Å². The van der Waals surface area contributed by atoms with Gasteiger partial charge in [0.25, 0.3) is 0 Å². The Hall–Kier alpha value is -1.23. The van der Waals surface area contributed by atoms with Crippen LogP contribution in [-0.4, -0.2) is 45.9 Å². The molecule has 1 N–H and O–H groups in total. The molecule has 15 heavy (non-hydrogen) atoms. The van der Waals surface area contributed by atoms with Gasteiger partial charge in [-0.2, -0.15) is 11.8 Å². The van der Waals surface area contributed by atoms with Crippen LogP contribution in [0.25, 0.3) is 0 Å². The molecule has 0 bridgehead atoms. The molecule has 5 heteroatoms. The number of aromatic hydroxyl groups is 1. The van der Waals surface area contributed by atoms with Crippen molar-refractivity contribution >= 4 is 23.8 Å². The average Bonchev–Trinajstić information content (AvgIpc) is 2.29. The number of thioether (sulfide) groups is 1. The minimum absolute atomic E-state index is 0.125. The van der Waals surface area contributed by atoms with Gasteiger partial charge in [-0.15, -0.1) is 0 Å². The summed E-state index contributed by atoms with van der Waals surface area (Å²) in [5.41, 5.74) is 0.572. The SMILES string of the molecule is Oc1cnccc1N=CN1CCSCC1. The van der Waals surface area contributed by atoms with Crippen molar-refractivity contribution in [1.29, 1.82) is 0 Å². The minimum atomic E-state index is 0.125. The predicted octanol–water partition coefficient (Wildman–Crippen LogP) is 1.50. The molecular formula is C10H13N3OS. The molecule has 0 saturated carbocycles. The van der Waals surface area contributed by atoms with Crippen LogP contribution >= 0.6 is 11.8 Å². The normalized spacial score (nSPS) is 17.2. The van der Waals surface area contributed by atoms with Crippen molar-refractivity contribution in [3.8, 4) is 5.75 Å². The number of hydrogen-bond donors (Lipinski definition) is 1. The van der Waals surface area contributed by atoms with Crippen molar-refractivity contribution in [2.45, 2.75) is 0 Å². The molecule has 0 unspecified atom stereocenters. The lowest BCUT2D eigenvalue weighted by Crippen LogP contribution is -2.31. The second kappa shape index (κ2) is 5.02. The molecule has 80 valence electrons. The minimum Gasteiger partial charge on any atom is -0.504 e. The molecule has 0 atom stereocenters. The molecule has 1 fully saturated rings. The molecule has 0 aromatic carbocycles. The molecule has 0 spiro atoms. The molecule has 0 aliphatic carbocycles. The highest BCUT2D eigenvalue weighted by Crippen LogP contribution is 2.23. The molecule has 1 aromatic rings. The van der Waals surface area contributed by atoms with Crippen molar-refractivity contribution < 1.29 is 5.11 Å². The summed E-state index contributed by atoms with van der Waals surface area (Å²) < 4.78 is 0. The molecule has 0 amide bonds. The smallest absolute Gasteiger partial charge is 0.159 e. The Morgan fingerprint density at radius 3 is 3.00 bits per heavy atom. The number of pyridine rings is 1. The standard InChI is InChI=1S/C10H13N3OS/c14-10-7-11-2-1-9(10)12-8-13-3-5-15-6-4-13/h1-2,7-8,14H,3-6H2. The van der Waals surface area contributed by atoms with Crippen LogP contribution in [0, 0.1) is 0 Å². The Bertz CT molecular complexity index is 350. The molecule has 1 saturated heterocycles. The molecule has 2 rings (SSSR count). The Morgan fingerprint density at radius 2 is 2.27 bits per heavy atom. The maximum atomic E-state index is 9.44. The zero-order valence-corrected chi connectivity index (χ0v) is 9.15. The third-order valence-corrected chi connectivity index (χ3v) is 3.13. The van der Waals surface area contributed by atoms with Crippen molar-refractivity contribution in [1.82, 2.24) is 9.88 Å². The summed E-state index contributed by atoms with van der Waals surface area (Å²) in [7, 11) is 0. The van der Waals surface area contributed by atoms with Gasteiger partial charge in [0.2, 0.25) is 0 Å². The van der Waals surface area contributed by atoms with E-state index in [1.165, 1.54) is 6.20 Å². The van der Waals surface area contributed by atoms with E-state index in [1.54, 1.807) is 18.6 Å². The Morgan fingerprint density at radius 1 is 1.47 bits per heavy atom. The van der Waals surface area contributed by atoms with Crippen LogP contribution in [-0.2, 0) is 0 Å². The van der Waals surface area contributed by atoms with Crippen LogP contribution in [0.5, 0.6) is 5.75 Å². The molecule has 1 aliphatic heterocycles. The molecule has 4 nitrogen and oxygen atoms in total. The Labute approximate surface area is 93.0 Å². The van der Waals surface area contributed by atoms with Gasteiger partial charge in [0.1, 0.15) is 5.69 Å². The second-order valence-corrected chi connectivity index (χ2v) is 4.48. The zero-order chi connectivity index (χ0) is 10.5. The summed E-state index contributed by atoms with van der Waals surface area (Å²) in [5, 5.41) is 9.44. The van der Waals surface area contributed by atoms with Gasteiger partial charge < -0.3 is 10.0 Å². The van der Waals surface area contributed by atoms with Crippen LogP contribution in [0.3, 0.4) is 0 Å². The second-order valence-electron chi connectivity index (χ2n) is 3.26. The summed E-state index contributed by atoms with van der Waals surface area (Å²) >= 11 is 1.96. The first-order valence-electron chi connectivity index (χ1n) is 4.85. The van der Waals surface area contributed by atoms with Gasteiger partial charge >= 0.3 is 0 Å². The van der Waals surface area contributed by atoms with E-state index in [0.29, 0.717) is 5.69 Å². The van der Waals surface area contributed by atoms with Crippen molar-refractivity contribution in [3.63, 3.8) is 0 Å². The first-order valence-corrected chi connectivity index (χ1v) is 6.01. The monoisotopic (exact) mass is 223 g/mol. The molecule has 1 aliphatic rings. The van der Waals surface area contributed by atoms with Gasteiger partial charge in [-0.3, -0.25) is 4.98 Å². The van der Waals surface area contributed by atoms with Crippen molar-refractivity contribution in [3.05, 3.63) is 18.5 Å². The third-order valence-electron chi connectivity index (χ3n) is 2.18. The van der Waals surface area contributed by atoms with Gasteiger partial charge in [-0.05, 0) is 6.07 Å². The van der Waals surface area contributed by atoms with E-state index in [2.05, 4.69) is 14.9 Å². The summed E-state index contributed by atoms with van der Waals surface area (Å²) in [6.45, 7) is 2.06. The fourth-order valence-electron chi connectivity index (χ4n) is 1.32. The quantitative estimate of drug-likeness (QED) is 0.609. The summed E-state index contributed by atoms with van der Waals surface area (Å²) in [4.78, 5) is 10.2. The highest BCUT2D eigenvalue weighted by Gasteiger charge is 2.06. The van der Waals surface area contributed by atoms with E-state index < -0.39 is 0 Å². The van der Waals surface area contributed by atoms with Crippen LogP contribution in [0.15, 0.2) is 23.5 Å². The van der Waals surface area contributed by atoms with Crippen LogP contribution < -0.4 is 0 Å². The maximum absolute atomic E-state index is 9.44. The van der Waals surface area contributed by atoms with E-state index in [-0.39, 0.29) is 5.75 Å². The first-order chi connectivity index (χ1) is 7.36. The number of aliphatic imine (C=N–C) groups is 1. The van der Waals surface area contributed by atoms with Crippen LogP contribution in [0.1, 0.15) is 0 Å². The van der Waals surface area contributed by atoms with Crippen LogP contribution in [0.2, 0.25) is 0 Å². The maximum Gasteiger partial charge on any atom is 0.159 e. The first kappa shape index (κ1) is 10.3. The highest BCUT2D eigenvalue weighted by molar-refractivity contribution is 7.99. The number of rotatable bonds is 2. The predicted molar refractivity (Wildman–Crippen MR) is 63.0 cm³/mol. The lowest BCUT2D eigenvalue weighted by atomic mass is 10.4. The lowest BCUT2D eigenvalue weighted by molar-refractivity contribution is 0.469. The Balaban J connectivity index is 2.01. The third kappa shape index (κ3) is 2.86. The van der Waals surface area contributed by atoms with E-state index >= 15 is 0 Å². The molecular weight excluding hydrogens is 210 g/mol. The van der Waals surface area contributed by atoms with E-state index in [0.717, 1.165) is 24.6 Å². The summed E-state index contributed by atoms with van der Waals surface area (Å²) in [6, 6.07) is 1.70. The number of hydrogen-bond acceptors (Lipinski definition) is 4. The molecule has 0 radical (unpaired) electrons. The average molecular weight is 223 g/mol. The summed E-state index contributed by atoms with van der Waals surface area (Å²) in [6.07, 6.45) is 4.83. The summed E-state index contributed by atoms with van der Waals surface area (Å²) in [5.74, 6) is 2.42. The van der Waals surface area contributed by atoms with Gasteiger partial charge in [0.05, 0.1) is 12.5 Å².